The molecule has 1 aliphatic rings. The Morgan fingerprint density at radius 1 is 1.16 bits per heavy atom. The third kappa shape index (κ3) is 3.02. The fourth-order valence-corrected chi connectivity index (χ4v) is 3.31. The van der Waals surface area contributed by atoms with Crippen LogP contribution in [-0.4, -0.2) is 38.3 Å². The third-order valence-corrected chi connectivity index (χ3v) is 4.99. The van der Waals surface area contributed by atoms with Crippen LogP contribution >= 0.6 is 0 Å². The first kappa shape index (κ1) is 15.8. The van der Waals surface area contributed by atoms with Gasteiger partial charge in [0.1, 0.15) is 11.4 Å². The number of rotatable bonds is 2. The highest BCUT2D eigenvalue weighted by Crippen LogP contribution is 2.23. The van der Waals surface area contributed by atoms with Gasteiger partial charge in [-0.15, -0.1) is 0 Å². The van der Waals surface area contributed by atoms with Gasteiger partial charge in [0.05, 0.1) is 0 Å². The maximum Gasteiger partial charge on any atom is 0.274 e. The number of hydrogen-bond donors (Lipinski definition) is 0. The Morgan fingerprint density at radius 3 is 2.60 bits per heavy atom. The molecule has 0 bridgehead atoms. The van der Waals surface area contributed by atoms with E-state index >= 15 is 0 Å². The first-order valence-corrected chi connectivity index (χ1v) is 8.82. The van der Waals surface area contributed by atoms with E-state index in [9.17, 15) is 4.79 Å². The highest BCUT2D eigenvalue weighted by atomic mass is 16.2. The lowest BCUT2D eigenvalue weighted by molar-refractivity contribution is 0.0692. The van der Waals surface area contributed by atoms with E-state index in [4.69, 9.17) is 0 Å². The van der Waals surface area contributed by atoms with Crippen LogP contribution in [0.15, 0.2) is 42.9 Å². The number of likely N-dealkylation sites (tertiary alicyclic amines) is 1. The maximum atomic E-state index is 12.8. The van der Waals surface area contributed by atoms with E-state index in [1.807, 2.05) is 33.8 Å². The predicted molar refractivity (Wildman–Crippen MR) is 97.5 cm³/mol. The molecular weight excluding hydrogens is 312 g/mol. The van der Waals surface area contributed by atoms with Crippen LogP contribution in [0.4, 0.5) is 0 Å². The van der Waals surface area contributed by atoms with E-state index in [0.717, 1.165) is 42.8 Å². The minimum atomic E-state index is 0.0189. The Kier molecular flexibility index (Phi) is 3.99. The van der Waals surface area contributed by atoms with Crippen molar-refractivity contribution in [3.63, 3.8) is 0 Å². The molecule has 4 rings (SSSR count). The number of hydrogen-bond acceptors (Lipinski definition) is 3. The molecule has 0 spiro atoms. The first-order chi connectivity index (χ1) is 12.1. The lowest BCUT2D eigenvalue weighted by Crippen LogP contribution is -2.38. The monoisotopic (exact) mass is 334 g/mol. The number of nitrogens with zero attached hydrogens (tertiary/aromatic N) is 4. The number of aryl methyl sites for hydroxylation is 1. The summed E-state index contributed by atoms with van der Waals surface area (Å²) in [5, 5.41) is 0. The SMILES string of the molecule is Cc1ccc(-c2nccn3cc(C(=O)N4CCC(C)CC4)nc23)cc1. The van der Waals surface area contributed by atoms with Gasteiger partial charge in [0, 0.05) is 37.2 Å². The van der Waals surface area contributed by atoms with Gasteiger partial charge >= 0.3 is 0 Å². The second-order valence-corrected chi connectivity index (χ2v) is 6.97. The molecule has 3 heterocycles. The lowest BCUT2D eigenvalue weighted by atomic mass is 9.99. The van der Waals surface area contributed by atoms with E-state index in [1.54, 1.807) is 6.20 Å². The second-order valence-electron chi connectivity index (χ2n) is 6.97. The van der Waals surface area contributed by atoms with Gasteiger partial charge < -0.3 is 9.30 Å². The smallest absolute Gasteiger partial charge is 0.274 e. The van der Waals surface area contributed by atoms with Gasteiger partial charge in [-0.2, -0.15) is 0 Å². The van der Waals surface area contributed by atoms with Crippen LogP contribution in [0.5, 0.6) is 0 Å². The van der Waals surface area contributed by atoms with Gasteiger partial charge in [-0.25, -0.2) is 4.98 Å². The van der Waals surface area contributed by atoms with Crippen LogP contribution in [0.3, 0.4) is 0 Å². The fraction of sp³-hybridized carbons (Fsp3) is 0.350. The Balaban J connectivity index is 1.69. The van der Waals surface area contributed by atoms with E-state index in [1.165, 1.54) is 5.56 Å². The van der Waals surface area contributed by atoms with Crippen LogP contribution in [0.2, 0.25) is 0 Å². The first-order valence-electron chi connectivity index (χ1n) is 8.82. The van der Waals surface area contributed by atoms with Gasteiger partial charge in [0.15, 0.2) is 5.65 Å². The average Bonchev–Trinajstić information content (AvgIpc) is 3.07. The van der Waals surface area contributed by atoms with Gasteiger partial charge in [-0.3, -0.25) is 9.78 Å². The summed E-state index contributed by atoms with van der Waals surface area (Å²) in [5.74, 6) is 0.716. The molecule has 0 N–H and O–H groups in total. The molecular formula is C20H22N4O. The van der Waals surface area contributed by atoms with Crippen molar-refractivity contribution in [2.75, 3.05) is 13.1 Å². The summed E-state index contributed by atoms with van der Waals surface area (Å²) in [7, 11) is 0. The third-order valence-electron chi connectivity index (χ3n) is 4.99. The standard InChI is InChI=1S/C20H22N4O/c1-14-3-5-16(6-4-14)18-19-22-17(13-24(19)12-9-21-18)20(25)23-10-7-15(2)8-11-23/h3-6,9,12-13,15H,7-8,10-11H2,1-2H3. The van der Waals surface area contributed by atoms with E-state index in [2.05, 4.69) is 35.9 Å². The molecule has 1 fully saturated rings. The molecule has 0 saturated carbocycles. The number of amides is 1. The lowest BCUT2D eigenvalue weighted by Gasteiger charge is -2.29. The van der Waals surface area contributed by atoms with Crippen molar-refractivity contribution in [1.29, 1.82) is 0 Å². The molecule has 5 nitrogen and oxygen atoms in total. The number of imidazole rings is 1. The van der Waals surface area contributed by atoms with Crippen molar-refractivity contribution in [3.8, 4) is 11.3 Å². The summed E-state index contributed by atoms with van der Waals surface area (Å²) < 4.78 is 1.89. The summed E-state index contributed by atoms with van der Waals surface area (Å²) in [4.78, 5) is 23.8. The highest BCUT2D eigenvalue weighted by molar-refractivity contribution is 5.93. The van der Waals surface area contributed by atoms with Crippen LogP contribution in [-0.2, 0) is 0 Å². The minimum Gasteiger partial charge on any atom is -0.337 e. The molecule has 0 aliphatic carbocycles. The highest BCUT2D eigenvalue weighted by Gasteiger charge is 2.24. The van der Waals surface area contributed by atoms with Crippen molar-refractivity contribution in [1.82, 2.24) is 19.3 Å². The quantitative estimate of drug-likeness (QED) is 0.720. The number of piperidine rings is 1. The molecule has 0 radical (unpaired) electrons. The van der Waals surface area contributed by atoms with Crippen LogP contribution in [0, 0.1) is 12.8 Å². The van der Waals surface area contributed by atoms with Crippen molar-refractivity contribution in [2.45, 2.75) is 26.7 Å². The summed E-state index contributed by atoms with van der Waals surface area (Å²) in [6.45, 7) is 5.93. The fourth-order valence-electron chi connectivity index (χ4n) is 3.31. The van der Waals surface area contributed by atoms with Gasteiger partial charge in [-0.05, 0) is 25.7 Å². The number of fused-ring (bicyclic) bond motifs is 1. The molecule has 5 heteroatoms. The van der Waals surface area contributed by atoms with Crippen molar-refractivity contribution >= 4 is 11.6 Å². The van der Waals surface area contributed by atoms with Crippen molar-refractivity contribution < 1.29 is 4.79 Å². The van der Waals surface area contributed by atoms with Gasteiger partial charge in [-0.1, -0.05) is 36.8 Å². The molecule has 0 atom stereocenters. The molecule has 1 saturated heterocycles. The van der Waals surface area contributed by atoms with Crippen molar-refractivity contribution in [2.24, 2.45) is 5.92 Å². The molecule has 0 unspecified atom stereocenters. The van der Waals surface area contributed by atoms with Crippen LogP contribution in [0.25, 0.3) is 16.9 Å². The second kappa shape index (κ2) is 6.31. The van der Waals surface area contributed by atoms with E-state index in [0.29, 0.717) is 11.6 Å². The maximum absolute atomic E-state index is 12.8. The molecule has 1 aromatic carbocycles. The summed E-state index contributed by atoms with van der Waals surface area (Å²) >= 11 is 0. The predicted octanol–water partition coefficient (Wildman–Crippen LogP) is 3.58. The molecule has 128 valence electrons. The normalized spacial score (nSPS) is 15.7. The summed E-state index contributed by atoms with van der Waals surface area (Å²) in [6.07, 6.45) is 7.54. The Labute approximate surface area is 147 Å². The zero-order valence-electron chi connectivity index (χ0n) is 14.6. The van der Waals surface area contributed by atoms with Gasteiger partial charge in [0.2, 0.25) is 0 Å². The zero-order chi connectivity index (χ0) is 17.4. The number of aromatic nitrogens is 3. The Bertz CT molecular complexity index is 905. The summed E-state index contributed by atoms with van der Waals surface area (Å²) in [6, 6.07) is 8.20. The van der Waals surface area contributed by atoms with Gasteiger partial charge in [0.25, 0.3) is 5.91 Å². The Morgan fingerprint density at radius 2 is 1.88 bits per heavy atom. The van der Waals surface area contributed by atoms with Crippen LogP contribution < -0.4 is 0 Å². The number of carbonyl (C=O) groups is 1. The van der Waals surface area contributed by atoms with Crippen LogP contribution in [0.1, 0.15) is 35.8 Å². The molecule has 1 aliphatic heterocycles. The molecule has 1 amide bonds. The molecule has 3 aromatic rings. The topological polar surface area (TPSA) is 50.5 Å². The minimum absolute atomic E-state index is 0.0189. The van der Waals surface area contributed by atoms with E-state index in [-0.39, 0.29) is 5.91 Å². The molecule has 25 heavy (non-hydrogen) atoms. The zero-order valence-corrected chi connectivity index (χ0v) is 14.6. The number of benzene rings is 1. The summed E-state index contributed by atoms with van der Waals surface area (Å²) in [5.41, 5.74) is 4.23. The van der Waals surface area contributed by atoms with E-state index < -0.39 is 0 Å². The van der Waals surface area contributed by atoms with Crippen molar-refractivity contribution in [3.05, 3.63) is 54.1 Å². The Hall–Kier alpha value is -2.69. The number of carbonyl (C=O) groups excluding carboxylic acids is 1. The molecule has 2 aromatic heterocycles. The average molecular weight is 334 g/mol. The largest absolute Gasteiger partial charge is 0.337 e.